The van der Waals surface area contributed by atoms with E-state index >= 15 is 0 Å². The van der Waals surface area contributed by atoms with Crippen molar-refractivity contribution in [3.05, 3.63) is 78.1 Å². The van der Waals surface area contributed by atoms with Crippen molar-refractivity contribution in [2.75, 3.05) is 11.1 Å². The van der Waals surface area contributed by atoms with Crippen LogP contribution >= 0.6 is 11.8 Å². The Bertz CT molecular complexity index is 979. The second-order valence-electron chi connectivity index (χ2n) is 6.59. The maximum atomic E-state index is 12.9. The number of halogens is 1. The summed E-state index contributed by atoms with van der Waals surface area (Å²) in [7, 11) is 0. The van der Waals surface area contributed by atoms with E-state index in [0.29, 0.717) is 18.8 Å². The Hall–Kier alpha value is -3.20. The van der Waals surface area contributed by atoms with Crippen molar-refractivity contribution in [2.45, 2.75) is 25.3 Å². The molecule has 1 unspecified atom stereocenters. The summed E-state index contributed by atoms with van der Waals surface area (Å²) in [5.74, 6) is -0.639. The minimum atomic E-state index is -0.397. The van der Waals surface area contributed by atoms with E-state index in [4.69, 9.17) is 0 Å². The Morgan fingerprint density at radius 2 is 1.87 bits per heavy atom. The summed E-state index contributed by atoms with van der Waals surface area (Å²) in [6.07, 6.45) is 3.13. The van der Waals surface area contributed by atoms with Crippen molar-refractivity contribution in [3.63, 3.8) is 0 Å². The molecule has 0 aliphatic rings. The van der Waals surface area contributed by atoms with E-state index in [0.717, 1.165) is 11.1 Å². The van der Waals surface area contributed by atoms with Crippen LogP contribution in [0.3, 0.4) is 0 Å². The predicted molar refractivity (Wildman–Crippen MR) is 114 cm³/mol. The number of carbonyl (C=O) groups excluding carboxylic acids is 2. The van der Waals surface area contributed by atoms with Gasteiger partial charge in [-0.25, -0.2) is 14.1 Å². The van der Waals surface area contributed by atoms with Crippen LogP contribution in [0.25, 0.3) is 0 Å². The van der Waals surface area contributed by atoms with Crippen LogP contribution in [0.1, 0.15) is 18.1 Å². The lowest BCUT2D eigenvalue weighted by atomic mass is 10.1. The zero-order valence-electron chi connectivity index (χ0n) is 16.4. The van der Waals surface area contributed by atoms with Gasteiger partial charge in [-0.2, -0.15) is 5.10 Å². The van der Waals surface area contributed by atoms with E-state index < -0.39 is 5.25 Å². The van der Waals surface area contributed by atoms with Gasteiger partial charge in [-0.05, 0) is 42.3 Å². The smallest absolute Gasteiger partial charge is 0.234 e. The molecule has 0 bridgehead atoms. The van der Waals surface area contributed by atoms with Gasteiger partial charge in [0.05, 0.1) is 17.5 Å². The number of hydrogen-bond acceptors (Lipinski definition) is 5. The standard InChI is InChI=1S/C21H22FN5O2S/c1-15(30-12-20(28)26-19-8-6-18(22)7-9-19)21(29)24-10-16-4-2-3-5-17(16)11-27-14-23-13-25-27/h2-9,13-15H,10-12H2,1H3,(H,24,29)(H,26,28). The van der Waals surface area contributed by atoms with Gasteiger partial charge >= 0.3 is 0 Å². The van der Waals surface area contributed by atoms with E-state index in [1.54, 1.807) is 17.9 Å². The van der Waals surface area contributed by atoms with Gasteiger partial charge in [0.25, 0.3) is 0 Å². The van der Waals surface area contributed by atoms with E-state index in [2.05, 4.69) is 20.7 Å². The molecular formula is C21H22FN5O2S. The van der Waals surface area contributed by atoms with Gasteiger partial charge in [-0.1, -0.05) is 24.3 Å². The van der Waals surface area contributed by atoms with Crippen LogP contribution in [-0.2, 0) is 22.7 Å². The number of benzene rings is 2. The Kier molecular flexibility index (Phi) is 7.56. The summed E-state index contributed by atoms with van der Waals surface area (Å²) < 4.78 is 14.6. The third kappa shape index (κ3) is 6.41. The molecule has 2 N–H and O–H groups in total. The summed E-state index contributed by atoms with van der Waals surface area (Å²) in [4.78, 5) is 28.4. The van der Waals surface area contributed by atoms with Crippen LogP contribution in [0.15, 0.2) is 61.2 Å². The SMILES string of the molecule is CC(SCC(=O)Nc1ccc(F)cc1)C(=O)NCc1ccccc1Cn1cncn1. The van der Waals surface area contributed by atoms with Gasteiger partial charge in [0.15, 0.2) is 0 Å². The van der Waals surface area contributed by atoms with Gasteiger partial charge in [-0.3, -0.25) is 9.59 Å². The molecule has 0 saturated carbocycles. The molecule has 1 atom stereocenters. The summed E-state index contributed by atoms with van der Waals surface area (Å²) in [6, 6.07) is 13.3. The van der Waals surface area contributed by atoms with Crippen LogP contribution in [-0.4, -0.2) is 37.6 Å². The number of amides is 2. The molecule has 0 spiro atoms. The molecule has 1 aromatic heterocycles. The summed E-state index contributed by atoms with van der Waals surface area (Å²) >= 11 is 1.24. The summed E-state index contributed by atoms with van der Waals surface area (Å²) in [5, 5.41) is 9.31. The predicted octanol–water partition coefficient (Wildman–Crippen LogP) is 2.84. The fourth-order valence-electron chi connectivity index (χ4n) is 2.71. The lowest BCUT2D eigenvalue weighted by Crippen LogP contribution is -2.31. The van der Waals surface area contributed by atoms with E-state index in [9.17, 15) is 14.0 Å². The molecule has 7 nitrogen and oxygen atoms in total. The number of thioether (sulfide) groups is 1. The number of nitrogens with one attached hydrogen (secondary N) is 2. The fraction of sp³-hybridized carbons (Fsp3) is 0.238. The second-order valence-corrected chi connectivity index (χ2v) is 7.92. The summed E-state index contributed by atoms with van der Waals surface area (Å²) in [5.41, 5.74) is 2.55. The van der Waals surface area contributed by atoms with Crippen LogP contribution < -0.4 is 10.6 Å². The maximum absolute atomic E-state index is 12.9. The Morgan fingerprint density at radius 1 is 1.13 bits per heavy atom. The number of hydrogen-bond donors (Lipinski definition) is 2. The van der Waals surface area contributed by atoms with Crippen molar-refractivity contribution in [3.8, 4) is 0 Å². The summed E-state index contributed by atoms with van der Waals surface area (Å²) in [6.45, 7) is 2.71. The molecule has 0 aliphatic carbocycles. The molecule has 2 aromatic carbocycles. The Morgan fingerprint density at radius 3 is 2.57 bits per heavy atom. The first-order valence-electron chi connectivity index (χ1n) is 9.35. The molecule has 3 aromatic rings. The maximum Gasteiger partial charge on any atom is 0.234 e. The molecule has 156 valence electrons. The highest BCUT2D eigenvalue weighted by molar-refractivity contribution is 8.01. The van der Waals surface area contributed by atoms with E-state index in [1.165, 1.54) is 42.4 Å². The average molecular weight is 428 g/mol. The van der Waals surface area contributed by atoms with Gasteiger partial charge < -0.3 is 10.6 Å². The quantitative estimate of drug-likeness (QED) is 0.548. The first-order chi connectivity index (χ1) is 14.5. The van der Waals surface area contributed by atoms with Crippen LogP contribution in [0, 0.1) is 5.82 Å². The molecule has 0 aliphatic heterocycles. The normalized spacial score (nSPS) is 11.7. The molecule has 0 saturated heterocycles. The first kappa shape index (κ1) is 21.5. The molecule has 3 rings (SSSR count). The third-order valence-corrected chi connectivity index (χ3v) is 5.47. The van der Waals surface area contributed by atoms with Crippen molar-refractivity contribution >= 4 is 29.3 Å². The van der Waals surface area contributed by atoms with Crippen molar-refractivity contribution in [2.24, 2.45) is 0 Å². The highest BCUT2D eigenvalue weighted by Crippen LogP contribution is 2.14. The molecule has 30 heavy (non-hydrogen) atoms. The zero-order chi connectivity index (χ0) is 21.3. The average Bonchev–Trinajstić information content (AvgIpc) is 3.26. The van der Waals surface area contributed by atoms with Gasteiger partial charge in [0, 0.05) is 12.2 Å². The molecule has 1 heterocycles. The molecular weight excluding hydrogens is 405 g/mol. The number of aromatic nitrogens is 3. The molecule has 9 heteroatoms. The van der Waals surface area contributed by atoms with Crippen LogP contribution in [0.4, 0.5) is 10.1 Å². The van der Waals surface area contributed by atoms with Gasteiger partial charge in [0.2, 0.25) is 11.8 Å². The van der Waals surface area contributed by atoms with Crippen LogP contribution in [0.5, 0.6) is 0 Å². The molecule has 2 amide bonds. The van der Waals surface area contributed by atoms with Crippen molar-refractivity contribution in [1.29, 1.82) is 0 Å². The Balaban J connectivity index is 1.45. The number of carbonyl (C=O) groups is 2. The van der Waals surface area contributed by atoms with Crippen molar-refractivity contribution < 1.29 is 14.0 Å². The number of rotatable bonds is 9. The fourth-order valence-corrected chi connectivity index (χ4v) is 3.41. The largest absolute Gasteiger partial charge is 0.351 e. The number of nitrogens with zero attached hydrogens (tertiary/aromatic N) is 3. The van der Waals surface area contributed by atoms with Gasteiger partial charge in [0.1, 0.15) is 18.5 Å². The Labute approximate surface area is 178 Å². The highest BCUT2D eigenvalue weighted by atomic mass is 32.2. The van der Waals surface area contributed by atoms with E-state index in [-0.39, 0.29) is 23.4 Å². The van der Waals surface area contributed by atoms with Gasteiger partial charge in [-0.15, -0.1) is 11.8 Å². The number of anilines is 1. The highest BCUT2D eigenvalue weighted by Gasteiger charge is 2.16. The zero-order valence-corrected chi connectivity index (χ0v) is 17.2. The lowest BCUT2D eigenvalue weighted by molar-refractivity contribution is -0.120. The van der Waals surface area contributed by atoms with E-state index in [1.807, 2.05) is 24.3 Å². The second kappa shape index (κ2) is 10.5. The van der Waals surface area contributed by atoms with Crippen molar-refractivity contribution in [1.82, 2.24) is 20.1 Å². The lowest BCUT2D eigenvalue weighted by Gasteiger charge is -2.14. The molecule has 0 fully saturated rings. The first-order valence-corrected chi connectivity index (χ1v) is 10.4. The minimum absolute atomic E-state index is 0.120. The third-order valence-electron chi connectivity index (χ3n) is 4.33. The molecule has 0 radical (unpaired) electrons. The minimum Gasteiger partial charge on any atom is -0.351 e. The van der Waals surface area contributed by atoms with Crippen LogP contribution in [0.2, 0.25) is 0 Å². The monoisotopic (exact) mass is 427 g/mol. The topological polar surface area (TPSA) is 88.9 Å².